The molecule has 0 radical (unpaired) electrons. The molecule has 1 N–H and O–H groups in total. The molecule has 10 nitrogen and oxygen atoms in total. The van der Waals surface area contributed by atoms with Crippen LogP contribution in [-0.2, 0) is 9.47 Å². The molecule has 0 aliphatic carbocycles. The van der Waals surface area contributed by atoms with Gasteiger partial charge in [0.25, 0.3) is 0 Å². The third-order valence-corrected chi connectivity index (χ3v) is 5.90. The van der Waals surface area contributed by atoms with Gasteiger partial charge in [-0.1, -0.05) is 0 Å². The number of rotatable bonds is 6. The van der Waals surface area contributed by atoms with Crippen molar-refractivity contribution in [3.63, 3.8) is 0 Å². The fourth-order valence-corrected chi connectivity index (χ4v) is 4.26. The molecule has 11 heteroatoms. The molecule has 166 valence electrons. The minimum absolute atomic E-state index is 0.180. The molecule has 0 unspecified atom stereocenters. The fourth-order valence-electron chi connectivity index (χ4n) is 3.18. The van der Waals surface area contributed by atoms with Crippen LogP contribution in [0.4, 0.5) is 15.7 Å². The van der Waals surface area contributed by atoms with E-state index in [1.807, 2.05) is 4.90 Å². The van der Waals surface area contributed by atoms with Crippen LogP contribution in [0.2, 0.25) is 0 Å². The Morgan fingerprint density at radius 1 is 1.03 bits per heavy atom. The molecule has 2 aromatic rings. The summed E-state index contributed by atoms with van der Waals surface area (Å²) in [6.45, 7) is 7.53. The molecule has 0 saturated carbocycles. The van der Waals surface area contributed by atoms with Gasteiger partial charge in [0.05, 0.1) is 18.8 Å². The Hall–Kier alpha value is -3.21. The molecule has 1 fully saturated rings. The van der Waals surface area contributed by atoms with Crippen molar-refractivity contribution in [2.75, 3.05) is 49.6 Å². The minimum Gasteiger partial charge on any atom is -0.462 e. The number of carbonyl (C=O) groups excluding carboxylic acids is 3. The molecule has 3 heterocycles. The number of nitrogens with zero attached hydrogens (tertiary/aromatic N) is 4. The van der Waals surface area contributed by atoms with Gasteiger partial charge in [0.1, 0.15) is 9.88 Å². The first-order valence-electron chi connectivity index (χ1n) is 10.0. The minimum atomic E-state index is -0.590. The molecule has 2 amide bonds. The fraction of sp³-hybridized carbons (Fsp3) is 0.450. The van der Waals surface area contributed by atoms with Crippen LogP contribution in [0.5, 0.6) is 0 Å². The maximum atomic E-state index is 12.9. The SMILES string of the molecule is CCOC(=O)c1sc(NC(=O)N2CCN(c3ncccn3)CC2)c(C(=O)OCC)c1C. The van der Waals surface area contributed by atoms with Gasteiger partial charge in [-0.3, -0.25) is 5.32 Å². The third-order valence-electron chi connectivity index (χ3n) is 4.71. The first kappa shape index (κ1) is 22.5. The van der Waals surface area contributed by atoms with Crippen LogP contribution < -0.4 is 10.2 Å². The number of piperazine rings is 1. The van der Waals surface area contributed by atoms with Gasteiger partial charge in [-0.15, -0.1) is 11.3 Å². The number of ether oxygens (including phenoxy) is 2. The summed E-state index contributed by atoms with van der Waals surface area (Å²) in [6, 6.07) is 1.40. The summed E-state index contributed by atoms with van der Waals surface area (Å²) in [5.74, 6) is -0.499. The molecule has 0 spiro atoms. The van der Waals surface area contributed by atoms with E-state index < -0.39 is 11.9 Å². The lowest BCUT2D eigenvalue weighted by Crippen LogP contribution is -2.50. The van der Waals surface area contributed by atoms with Crippen molar-refractivity contribution >= 4 is 40.3 Å². The van der Waals surface area contributed by atoms with Gasteiger partial charge in [0.2, 0.25) is 5.95 Å². The first-order valence-corrected chi connectivity index (χ1v) is 10.8. The van der Waals surface area contributed by atoms with E-state index in [9.17, 15) is 14.4 Å². The summed E-state index contributed by atoms with van der Waals surface area (Å²) >= 11 is 1.01. The summed E-state index contributed by atoms with van der Waals surface area (Å²) in [6.07, 6.45) is 3.36. The number of carbonyl (C=O) groups is 3. The highest BCUT2D eigenvalue weighted by atomic mass is 32.1. The highest BCUT2D eigenvalue weighted by molar-refractivity contribution is 7.18. The Labute approximate surface area is 184 Å². The maximum Gasteiger partial charge on any atom is 0.348 e. The summed E-state index contributed by atoms with van der Waals surface area (Å²) < 4.78 is 10.2. The summed E-state index contributed by atoms with van der Waals surface area (Å²) in [5.41, 5.74) is 0.614. The average Bonchev–Trinajstić information content (AvgIpc) is 3.10. The Morgan fingerprint density at radius 3 is 2.26 bits per heavy atom. The van der Waals surface area contributed by atoms with Crippen molar-refractivity contribution in [1.82, 2.24) is 14.9 Å². The topological polar surface area (TPSA) is 114 Å². The number of amides is 2. The summed E-state index contributed by atoms with van der Waals surface area (Å²) in [7, 11) is 0. The van der Waals surface area contributed by atoms with E-state index in [-0.39, 0.29) is 34.7 Å². The average molecular weight is 448 g/mol. The summed E-state index contributed by atoms with van der Waals surface area (Å²) in [4.78, 5) is 50.0. The van der Waals surface area contributed by atoms with Gasteiger partial charge in [-0.05, 0) is 32.4 Å². The van der Waals surface area contributed by atoms with Crippen molar-refractivity contribution in [2.24, 2.45) is 0 Å². The van der Waals surface area contributed by atoms with E-state index in [0.29, 0.717) is 37.7 Å². The van der Waals surface area contributed by atoms with Crippen molar-refractivity contribution < 1.29 is 23.9 Å². The second kappa shape index (κ2) is 10.2. The van der Waals surface area contributed by atoms with E-state index in [1.165, 1.54) is 0 Å². The molecule has 31 heavy (non-hydrogen) atoms. The van der Waals surface area contributed by atoms with Crippen LogP contribution in [0.25, 0.3) is 0 Å². The third kappa shape index (κ3) is 5.10. The van der Waals surface area contributed by atoms with Gasteiger partial charge in [0.15, 0.2) is 0 Å². The van der Waals surface area contributed by atoms with Gasteiger partial charge in [-0.25, -0.2) is 24.4 Å². The number of hydrogen-bond acceptors (Lipinski definition) is 9. The molecule has 1 aliphatic heterocycles. The van der Waals surface area contributed by atoms with E-state index in [2.05, 4.69) is 15.3 Å². The Morgan fingerprint density at radius 2 is 1.65 bits per heavy atom. The molecular formula is C20H25N5O5S. The Kier molecular flexibility index (Phi) is 7.40. The summed E-state index contributed by atoms with van der Waals surface area (Å²) in [5, 5.41) is 3.06. The zero-order valence-corrected chi connectivity index (χ0v) is 18.5. The largest absolute Gasteiger partial charge is 0.462 e. The maximum absolute atomic E-state index is 12.9. The highest BCUT2D eigenvalue weighted by Gasteiger charge is 2.29. The first-order chi connectivity index (χ1) is 15.0. The smallest absolute Gasteiger partial charge is 0.348 e. The van der Waals surface area contributed by atoms with E-state index in [1.54, 1.807) is 44.1 Å². The van der Waals surface area contributed by atoms with E-state index >= 15 is 0 Å². The number of thiophene rings is 1. The number of nitrogens with one attached hydrogen (secondary N) is 1. The second-order valence-corrected chi connectivity index (χ2v) is 7.67. The molecule has 0 aromatic carbocycles. The standard InChI is InChI=1S/C20H25N5O5S/c1-4-29-17(26)14-13(3)15(18(27)30-5-2)31-16(14)23-20(28)25-11-9-24(10-12-25)19-21-7-6-8-22-19/h6-8H,4-5,9-12H2,1-3H3,(H,23,28). The number of aromatic nitrogens is 2. The molecule has 0 bridgehead atoms. The van der Waals surface area contributed by atoms with Gasteiger partial charge < -0.3 is 19.3 Å². The van der Waals surface area contributed by atoms with Crippen LogP contribution in [0.3, 0.4) is 0 Å². The van der Waals surface area contributed by atoms with Gasteiger partial charge >= 0.3 is 18.0 Å². The molecule has 2 aromatic heterocycles. The highest BCUT2D eigenvalue weighted by Crippen LogP contribution is 2.34. The van der Waals surface area contributed by atoms with E-state index in [0.717, 1.165) is 11.3 Å². The number of esters is 2. The van der Waals surface area contributed by atoms with Crippen molar-refractivity contribution in [3.05, 3.63) is 34.5 Å². The van der Waals surface area contributed by atoms with Crippen LogP contribution in [0.1, 0.15) is 39.4 Å². The molecular weight excluding hydrogens is 422 g/mol. The quantitative estimate of drug-likeness (QED) is 0.672. The van der Waals surface area contributed by atoms with Crippen molar-refractivity contribution in [1.29, 1.82) is 0 Å². The number of anilines is 2. The van der Waals surface area contributed by atoms with Crippen LogP contribution in [0, 0.1) is 6.92 Å². The van der Waals surface area contributed by atoms with Crippen molar-refractivity contribution in [3.8, 4) is 0 Å². The second-order valence-electron chi connectivity index (χ2n) is 6.65. The zero-order chi connectivity index (χ0) is 22.4. The monoisotopic (exact) mass is 447 g/mol. The van der Waals surface area contributed by atoms with Crippen LogP contribution >= 0.6 is 11.3 Å². The zero-order valence-electron chi connectivity index (χ0n) is 17.7. The molecule has 0 atom stereocenters. The lowest BCUT2D eigenvalue weighted by molar-refractivity contribution is 0.0527. The normalized spacial score (nSPS) is 13.6. The molecule has 1 saturated heterocycles. The molecule has 1 aliphatic rings. The number of urea groups is 1. The lowest BCUT2D eigenvalue weighted by Gasteiger charge is -2.34. The van der Waals surface area contributed by atoms with Gasteiger partial charge in [-0.2, -0.15) is 0 Å². The predicted octanol–water partition coefficient (Wildman–Crippen LogP) is 2.55. The van der Waals surface area contributed by atoms with Crippen molar-refractivity contribution in [2.45, 2.75) is 20.8 Å². The van der Waals surface area contributed by atoms with E-state index in [4.69, 9.17) is 9.47 Å². The lowest BCUT2D eigenvalue weighted by atomic mass is 10.1. The Bertz CT molecular complexity index is 941. The molecule has 3 rings (SSSR count). The Balaban J connectivity index is 1.73. The van der Waals surface area contributed by atoms with Crippen LogP contribution in [-0.4, -0.2) is 72.2 Å². The van der Waals surface area contributed by atoms with Crippen LogP contribution in [0.15, 0.2) is 18.5 Å². The van der Waals surface area contributed by atoms with Gasteiger partial charge in [0, 0.05) is 38.6 Å². The number of hydrogen-bond donors (Lipinski definition) is 1. The predicted molar refractivity (Wildman–Crippen MR) is 116 cm³/mol.